The van der Waals surface area contributed by atoms with Crippen LogP contribution in [0.5, 0.6) is 0 Å². The van der Waals surface area contributed by atoms with Crippen LogP contribution >= 0.6 is 0 Å². The highest BCUT2D eigenvalue weighted by atomic mass is 19.4. The van der Waals surface area contributed by atoms with E-state index < -0.39 is 17.2 Å². The molecule has 0 aromatic carbocycles. The monoisotopic (exact) mass is 452 g/mol. The van der Waals surface area contributed by atoms with Crippen molar-refractivity contribution in [3.63, 3.8) is 0 Å². The highest BCUT2D eigenvalue weighted by Gasteiger charge is 2.59. The number of amides is 2. The Kier molecular flexibility index (Phi) is 5.01. The van der Waals surface area contributed by atoms with Gasteiger partial charge >= 0.3 is 12.3 Å². The van der Waals surface area contributed by atoms with Crippen LogP contribution in [-0.4, -0.2) is 47.1 Å². The lowest BCUT2D eigenvalue weighted by Crippen LogP contribution is -2.59. The van der Waals surface area contributed by atoms with E-state index in [9.17, 15) is 22.8 Å². The van der Waals surface area contributed by atoms with Crippen molar-refractivity contribution in [2.45, 2.75) is 56.8 Å². The van der Waals surface area contributed by atoms with Gasteiger partial charge in [0, 0.05) is 25.3 Å². The summed E-state index contributed by atoms with van der Waals surface area (Å²) in [6.45, 7) is 0.907. The molecule has 1 aromatic rings. The fraction of sp³-hybridized carbons (Fsp3) is 0.682. The molecule has 2 amide bonds. The van der Waals surface area contributed by atoms with E-state index in [0.717, 1.165) is 31.5 Å². The Bertz CT molecular complexity index is 891. The summed E-state index contributed by atoms with van der Waals surface area (Å²) >= 11 is 0. The molecule has 1 aromatic heterocycles. The van der Waals surface area contributed by atoms with Gasteiger partial charge in [-0.15, -0.1) is 0 Å². The Balaban J connectivity index is 1.16. The average Bonchev–Trinajstić information content (AvgIpc) is 3.18. The molecule has 32 heavy (non-hydrogen) atoms. The normalized spacial score (nSPS) is 35.7. The molecule has 1 aliphatic heterocycles. The number of nitrogens with two attached hydrogens (primary N) is 1. The second kappa shape index (κ2) is 7.52. The molecule has 7 nitrogen and oxygen atoms in total. The number of hydrogen-bond donors (Lipinski definition) is 2. The largest absolute Gasteiger partial charge is 0.446 e. The first-order valence-corrected chi connectivity index (χ1v) is 11.2. The number of likely N-dealkylation sites (tertiary alicyclic amines) is 1. The molecule has 174 valence electrons. The highest BCUT2D eigenvalue weighted by molar-refractivity contribution is 5.81. The smallest absolute Gasteiger partial charge is 0.417 e. The quantitative estimate of drug-likeness (QED) is 0.730. The molecule has 4 unspecified atom stereocenters. The molecular formula is C22H27F3N4O3. The standard InChI is InChI=1S/C22H27F3N4O3/c23-22(24,25)15-1-2-17(27-10-15)28-16-3-4-29(11-16)20(31)32-18-13-5-12-6-14(18)9-21(7-12,8-13)19(26)30/h1-2,10,12-14,16,18H,3-9,11H2,(H2,26,30)(H,27,28)/t12?,13-,14?,16+,18?,21?/m0/s1. The van der Waals surface area contributed by atoms with Crippen LogP contribution in [-0.2, 0) is 15.7 Å². The van der Waals surface area contributed by atoms with Gasteiger partial charge in [0.15, 0.2) is 0 Å². The van der Waals surface area contributed by atoms with E-state index in [2.05, 4.69) is 10.3 Å². The van der Waals surface area contributed by atoms with E-state index in [-0.39, 0.29) is 36.0 Å². The predicted octanol–water partition coefficient (Wildman–Crippen LogP) is 3.40. The lowest BCUT2D eigenvalue weighted by molar-refractivity contribution is -0.161. The molecule has 3 N–H and O–H groups in total. The van der Waals surface area contributed by atoms with Gasteiger partial charge in [-0.2, -0.15) is 13.2 Å². The summed E-state index contributed by atoms with van der Waals surface area (Å²) < 4.78 is 44.0. The van der Waals surface area contributed by atoms with Crippen molar-refractivity contribution in [2.75, 3.05) is 18.4 Å². The Labute approximate surface area is 183 Å². The van der Waals surface area contributed by atoms with Gasteiger partial charge in [-0.05, 0) is 68.4 Å². The Hall–Kier alpha value is -2.52. The van der Waals surface area contributed by atoms with Crippen LogP contribution in [0.2, 0.25) is 0 Å². The lowest BCUT2D eigenvalue weighted by atomic mass is 9.48. The number of carbonyl (C=O) groups is 2. The van der Waals surface area contributed by atoms with E-state index in [0.29, 0.717) is 44.1 Å². The van der Waals surface area contributed by atoms with Crippen molar-refractivity contribution in [3.05, 3.63) is 23.9 Å². The summed E-state index contributed by atoms with van der Waals surface area (Å²) in [6.07, 6.45) is 0.739. The minimum absolute atomic E-state index is 0.108. The SMILES string of the molecule is NC(=O)C12CC3CC(C1)C(OC(=O)N1CC[C@@H](Nc4ccc(C(F)(F)F)cn4)C1)[C@@H](C3)C2. The number of nitrogens with zero attached hydrogens (tertiary/aromatic N) is 2. The van der Waals surface area contributed by atoms with Crippen molar-refractivity contribution >= 4 is 17.8 Å². The zero-order chi connectivity index (χ0) is 22.7. The van der Waals surface area contributed by atoms with Gasteiger partial charge < -0.3 is 20.7 Å². The fourth-order valence-electron chi connectivity index (χ4n) is 6.56. The molecule has 0 radical (unpaired) electrons. The Morgan fingerprint density at radius 3 is 2.50 bits per heavy atom. The molecule has 2 heterocycles. The Morgan fingerprint density at radius 2 is 1.91 bits per heavy atom. The number of carbonyl (C=O) groups excluding carboxylic acids is 2. The van der Waals surface area contributed by atoms with Gasteiger partial charge in [0.1, 0.15) is 11.9 Å². The van der Waals surface area contributed by atoms with E-state index in [1.807, 2.05) is 0 Å². The number of hydrogen-bond acceptors (Lipinski definition) is 5. The maximum absolute atomic E-state index is 12.8. The van der Waals surface area contributed by atoms with Gasteiger partial charge in [0.05, 0.1) is 11.0 Å². The van der Waals surface area contributed by atoms with Gasteiger partial charge in [-0.3, -0.25) is 4.79 Å². The molecule has 4 saturated carbocycles. The molecule has 4 aliphatic carbocycles. The highest BCUT2D eigenvalue weighted by Crippen LogP contribution is 2.60. The van der Waals surface area contributed by atoms with Crippen LogP contribution in [0.4, 0.5) is 23.8 Å². The number of alkyl halides is 3. The summed E-state index contributed by atoms with van der Waals surface area (Å²) in [4.78, 5) is 30.4. The summed E-state index contributed by atoms with van der Waals surface area (Å²) in [5, 5.41) is 3.10. The topological polar surface area (TPSA) is 97.6 Å². The van der Waals surface area contributed by atoms with E-state index in [1.165, 1.54) is 6.07 Å². The van der Waals surface area contributed by atoms with E-state index in [4.69, 9.17) is 10.5 Å². The second-order valence-corrected chi connectivity index (χ2v) is 9.97. The molecule has 4 bridgehead atoms. The third-order valence-corrected chi connectivity index (χ3v) is 7.84. The number of nitrogens with one attached hydrogen (secondary N) is 1. The molecule has 6 atom stereocenters. The molecule has 5 aliphatic rings. The summed E-state index contributed by atoms with van der Waals surface area (Å²) in [5.41, 5.74) is 4.51. The summed E-state index contributed by atoms with van der Waals surface area (Å²) in [6, 6.07) is 2.18. The number of rotatable bonds is 4. The molecule has 0 spiro atoms. The minimum atomic E-state index is -4.42. The summed E-state index contributed by atoms with van der Waals surface area (Å²) in [5.74, 6) is 0.991. The van der Waals surface area contributed by atoms with Crippen molar-refractivity contribution in [1.29, 1.82) is 0 Å². The average molecular weight is 452 g/mol. The first-order valence-electron chi connectivity index (χ1n) is 11.2. The van der Waals surface area contributed by atoms with Crippen molar-refractivity contribution in [2.24, 2.45) is 28.9 Å². The predicted molar refractivity (Wildman–Crippen MR) is 108 cm³/mol. The molecule has 5 fully saturated rings. The van der Waals surface area contributed by atoms with E-state index >= 15 is 0 Å². The molecule has 10 heteroatoms. The minimum Gasteiger partial charge on any atom is -0.446 e. The van der Waals surface area contributed by atoms with Crippen molar-refractivity contribution in [3.8, 4) is 0 Å². The lowest BCUT2D eigenvalue weighted by Gasteiger charge is -2.58. The van der Waals surface area contributed by atoms with Gasteiger partial charge in [0.2, 0.25) is 5.91 Å². The number of pyridine rings is 1. The number of aromatic nitrogens is 1. The number of ether oxygens (including phenoxy) is 1. The van der Waals surface area contributed by atoms with Gasteiger partial charge in [-0.1, -0.05) is 0 Å². The summed E-state index contributed by atoms with van der Waals surface area (Å²) in [7, 11) is 0. The van der Waals surface area contributed by atoms with Crippen molar-refractivity contribution < 1.29 is 27.5 Å². The molecule has 6 rings (SSSR count). The van der Waals surface area contributed by atoms with Crippen molar-refractivity contribution in [1.82, 2.24) is 9.88 Å². The molecule has 1 saturated heterocycles. The van der Waals surface area contributed by atoms with Crippen LogP contribution < -0.4 is 11.1 Å². The zero-order valence-corrected chi connectivity index (χ0v) is 17.6. The maximum Gasteiger partial charge on any atom is 0.417 e. The van der Waals surface area contributed by atoms with Gasteiger partial charge in [-0.25, -0.2) is 9.78 Å². The van der Waals surface area contributed by atoms with Crippen LogP contribution in [0.25, 0.3) is 0 Å². The zero-order valence-electron chi connectivity index (χ0n) is 17.6. The number of halogens is 3. The first-order chi connectivity index (χ1) is 15.1. The van der Waals surface area contributed by atoms with Crippen LogP contribution in [0.15, 0.2) is 18.3 Å². The maximum atomic E-state index is 12.8. The number of primary amides is 1. The third-order valence-electron chi connectivity index (χ3n) is 7.84. The van der Waals surface area contributed by atoms with Crippen LogP contribution in [0.1, 0.15) is 44.1 Å². The first kappa shape index (κ1) is 21.3. The second-order valence-electron chi connectivity index (χ2n) is 9.97. The number of anilines is 1. The molecular weight excluding hydrogens is 425 g/mol. The third kappa shape index (κ3) is 3.77. The van der Waals surface area contributed by atoms with Gasteiger partial charge in [0.25, 0.3) is 0 Å². The Morgan fingerprint density at radius 1 is 1.19 bits per heavy atom. The fourth-order valence-corrected chi connectivity index (χ4v) is 6.56. The van der Waals surface area contributed by atoms with Crippen LogP contribution in [0, 0.1) is 23.2 Å². The van der Waals surface area contributed by atoms with E-state index in [1.54, 1.807) is 4.90 Å². The van der Waals surface area contributed by atoms with Crippen LogP contribution in [0.3, 0.4) is 0 Å².